The number of nitrogens with zero attached hydrogens (tertiary/aromatic N) is 1. The zero-order valence-electron chi connectivity index (χ0n) is 11.8. The molecule has 20 heavy (non-hydrogen) atoms. The van der Waals surface area contributed by atoms with Crippen molar-refractivity contribution in [3.8, 4) is 0 Å². The first-order valence-electron chi connectivity index (χ1n) is 6.77. The Morgan fingerprint density at radius 3 is 3.00 bits per heavy atom. The molecule has 0 atom stereocenters. The molecular formula is C15H21N3O2. The van der Waals surface area contributed by atoms with Crippen LogP contribution in [0.15, 0.2) is 30.5 Å². The summed E-state index contributed by atoms with van der Waals surface area (Å²) in [4.78, 5) is 10.9. The Labute approximate surface area is 118 Å². The molecule has 0 saturated heterocycles. The van der Waals surface area contributed by atoms with Crippen LogP contribution in [0.1, 0.15) is 12.0 Å². The zero-order valence-corrected chi connectivity index (χ0v) is 11.8. The number of hydrogen-bond donors (Lipinski definition) is 2. The lowest BCUT2D eigenvalue weighted by atomic mass is 10.1. The van der Waals surface area contributed by atoms with Gasteiger partial charge in [-0.25, -0.2) is 0 Å². The molecule has 0 fully saturated rings. The van der Waals surface area contributed by atoms with Crippen LogP contribution in [0.25, 0.3) is 10.9 Å². The number of fused-ring (bicyclic) bond motifs is 1. The number of nitrogens with two attached hydrogens (primary N) is 1. The highest BCUT2D eigenvalue weighted by Crippen LogP contribution is 2.20. The van der Waals surface area contributed by atoms with E-state index in [1.54, 1.807) is 7.11 Å². The standard InChI is InChI=1S/C15H21N3O2/c1-20-10-7-17-11-12-3-2-4-14-13(12)5-8-18(14)9-6-15(16)19/h2-5,8,17H,6-7,9-11H2,1H3,(H2,16,19). The molecule has 0 aliphatic heterocycles. The molecule has 0 unspecified atom stereocenters. The molecule has 5 nitrogen and oxygen atoms in total. The molecule has 1 amide bonds. The van der Waals surface area contributed by atoms with E-state index in [1.165, 1.54) is 10.9 Å². The van der Waals surface area contributed by atoms with E-state index in [9.17, 15) is 4.79 Å². The summed E-state index contributed by atoms with van der Waals surface area (Å²) < 4.78 is 7.08. The van der Waals surface area contributed by atoms with Crippen molar-refractivity contribution in [1.29, 1.82) is 0 Å². The SMILES string of the molecule is COCCNCc1cccc2c1ccn2CCC(N)=O. The minimum Gasteiger partial charge on any atom is -0.383 e. The van der Waals surface area contributed by atoms with Crippen LogP contribution in [0, 0.1) is 0 Å². The van der Waals surface area contributed by atoms with Gasteiger partial charge >= 0.3 is 0 Å². The van der Waals surface area contributed by atoms with Crippen LogP contribution >= 0.6 is 0 Å². The van der Waals surface area contributed by atoms with Crippen molar-refractivity contribution < 1.29 is 9.53 Å². The summed E-state index contributed by atoms with van der Waals surface area (Å²) in [6.45, 7) is 2.96. The van der Waals surface area contributed by atoms with E-state index in [1.807, 2.05) is 12.3 Å². The predicted octanol–water partition coefficient (Wildman–Crippen LogP) is 1.25. The molecule has 108 valence electrons. The van der Waals surface area contributed by atoms with Gasteiger partial charge in [-0.05, 0) is 17.7 Å². The number of aromatic nitrogens is 1. The third-order valence-electron chi connectivity index (χ3n) is 3.30. The molecule has 1 aromatic heterocycles. The molecular weight excluding hydrogens is 254 g/mol. The summed E-state index contributed by atoms with van der Waals surface area (Å²) in [7, 11) is 1.70. The molecule has 2 rings (SSSR count). The summed E-state index contributed by atoms with van der Waals surface area (Å²) >= 11 is 0. The lowest BCUT2D eigenvalue weighted by molar-refractivity contribution is -0.118. The predicted molar refractivity (Wildman–Crippen MR) is 79.3 cm³/mol. The minimum absolute atomic E-state index is 0.274. The second kappa shape index (κ2) is 7.07. The topological polar surface area (TPSA) is 69.3 Å². The Morgan fingerprint density at radius 1 is 1.40 bits per heavy atom. The number of nitrogens with one attached hydrogen (secondary N) is 1. The number of rotatable bonds is 8. The van der Waals surface area contributed by atoms with Crippen LogP contribution in [0.3, 0.4) is 0 Å². The smallest absolute Gasteiger partial charge is 0.219 e. The minimum atomic E-state index is -0.274. The highest BCUT2D eigenvalue weighted by Gasteiger charge is 2.06. The van der Waals surface area contributed by atoms with E-state index >= 15 is 0 Å². The van der Waals surface area contributed by atoms with Gasteiger partial charge in [-0.15, -0.1) is 0 Å². The number of primary amides is 1. The van der Waals surface area contributed by atoms with Gasteiger partial charge < -0.3 is 20.4 Å². The Morgan fingerprint density at radius 2 is 2.25 bits per heavy atom. The number of methoxy groups -OCH3 is 1. The van der Waals surface area contributed by atoms with Crippen LogP contribution in [0.2, 0.25) is 0 Å². The zero-order chi connectivity index (χ0) is 14.4. The molecule has 0 saturated carbocycles. The fourth-order valence-corrected chi connectivity index (χ4v) is 2.26. The van der Waals surface area contributed by atoms with Crippen molar-refractivity contribution >= 4 is 16.8 Å². The van der Waals surface area contributed by atoms with Crippen molar-refractivity contribution in [3.05, 3.63) is 36.0 Å². The number of amides is 1. The normalized spacial score (nSPS) is 11.1. The molecule has 1 aromatic carbocycles. The number of carbonyl (C=O) groups excluding carboxylic acids is 1. The summed E-state index contributed by atoms with van der Waals surface area (Å²) in [5.74, 6) is -0.274. The molecule has 5 heteroatoms. The molecule has 0 aliphatic carbocycles. The third kappa shape index (κ3) is 3.59. The van der Waals surface area contributed by atoms with Crippen molar-refractivity contribution in [2.45, 2.75) is 19.5 Å². The van der Waals surface area contributed by atoms with Gasteiger partial charge in [-0.2, -0.15) is 0 Å². The maximum Gasteiger partial charge on any atom is 0.219 e. The summed E-state index contributed by atoms with van der Waals surface area (Å²) in [6, 6.07) is 8.30. The summed E-state index contributed by atoms with van der Waals surface area (Å²) in [5.41, 5.74) is 7.59. The van der Waals surface area contributed by atoms with Gasteiger partial charge in [-0.1, -0.05) is 12.1 Å². The van der Waals surface area contributed by atoms with Crippen LogP contribution in [0.5, 0.6) is 0 Å². The molecule has 1 heterocycles. The van der Waals surface area contributed by atoms with Gasteiger partial charge in [0, 0.05) is 50.3 Å². The van der Waals surface area contributed by atoms with Gasteiger partial charge in [0.1, 0.15) is 0 Å². The second-order valence-electron chi connectivity index (χ2n) is 4.74. The first-order valence-corrected chi connectivity index (χ1v) is 6.77. The average Bonchev–Trinajstić information content (AvgIpc) is 2.85. The van der Waals surface area contributed by atoms with E-state index in [4.69, 9.17) is 10.5 Å². The van der Waals surface area contributed by atoms with Gasteiger partial charge in [0.05, 0.1) is 6.61 Å². The lowest BCUT2D eigenvalue weighted by Gasteiger charge is -2.07. The van der Waals surface area contributed by atoms with Crippen molar-refractivity contribution in [1.82, 2.24) is 9.88 Å². The van der Waals surface area contributed by atoms with Crippen LogP contribution in [0.4, 0.5) is 0 Å². The average molecular weight is 275 g/mol. The summed E-state index contributed by atoms with van der Waals surface area (Å²) in [5, 5.41) is 4.56. The van der Waals surface area contributed by atoms with E-state index < -0.39 is 0 Å². The molecule has 0 spiro atoms. The quantitative estimate of drug-likeness (QED) is 0.712. The molecule has 0 bridgehead atoms. The fourth-order valence-electron chi connectivity index (χ4n) is 2.26. The number of carbonyl (C=O) groups is 1. The Bertz CT molecular complexity index is 578. The lowest BCUT2D eigenvalue weighted by Crippen LogP contribution is -2.18. The van der Waals surface area contributed by atoms with Gasteiger partial charge in [0.2, 0.25) is 5.91 Å². The molecule has 3 N–H and O–H groups in total. The maximum atomic E-state index is 10.9. The maximum absolute atomic E-state index is 10.9. The van der Waals surface area contributed by atoms with E-state index in [-0.39, 0.29) is 5.91 Å². The van der Waals surface area contributed by atoms with Crippen LogP contribution in [-0.4, -0.2) is 30.7 Å². The summed E-state index contributed by atoms with van der Waals surface area (Å²) in [6.07, 6.45) is 2.37. The van der Waals surface area contributed by atoms with E-state index in [2.05, 4.69) is 28.1 Å². The van der Waals surface area contributed by atoms with Gasteiger partial charge in [-0.3, -0.25) is 4.79 Å². The highest BCUT2D eigenvalue weighted by atomic mass is 16.5. The Hall–Kier alpha value is -1.85. The van der Waals surface area contributed by atoms with Gasteiger partial charge in [0.15, 0.2) is 0 Å². The largest absolute Gasteiger partial charge is 0.383 e. The number of ether oxygens (including phenoxy) is 1. The monoisotopic (exact) mass is 275 g/mol. The van der Waals surface area contributed by atoms with Crippen molar-refractivity contribution in [2.24, 2.45) is 5.73 Å². The third-order valence-corrected chi connectivity index (χ3v) is 3.30. The number of aryl methyl sites for hydroxylation is 1. The first-order chi connectivity index (χ1) is 9.72. The van der Waals surface area contributed by atoms with Crippen molar-refractivity contribution in [3.63, 3.8) is 0 Å². The Kier molecular flexibility index (Phi) is 5.15. The van der Waals surface area contributed by atoms with Crippen molar-refractivity contribution in [2.75, 3.05) is 20.3 Å². The second-order valence-corrected chi connectivity index (χ2v) is 4.74. The fraction of sp³-hybridized carbons (Fsp3) is 0.400. The molecule has 2 aromatic rings. The highest BCUT2D eigenvalue weighted by molar-refractivity contribution is 5.84. The van der Waals surface area contributed by atoms with E-state index in [0.717, 1.165) is 18.6 Å². The molecule has 0 radical (unpaired) electrons. The van der Waals surface area contributed by atoms with Crippen LogP contribution in [-0.2, 0) is 22.6 Å². The van der Waals surface area contributed by atoms with E-state index in [0.29, 0.717) is 19.6 Å². The number of benzene rings is 1. The number of hydrogen-bond acceptors (Lipinski definition) is 3. The van der Waals surface area contributed by atoms with Gasteiger partial charge in [0.25, 0.3) is 0 Å². The Balaban J connectivity index is 2.10. The molecule has 0 aliphatic rings. The first kappa shape index (κ1) is 14.6. The van der Waals surface area contributed by atoms with Crippen LogP contribution < -0.4 is 11.1 Å².